The SMILES string of the molecule is C1=Cc2ccccc2NC1.[Br-]. The van der Waals surface area contributed by atoms with Gasteiger partial charge in [-0.05, 0) is 11.6 Å². The Balaban J connectivity index is 0.000000605. The molecule has 0 radical (unpaired) electrons. The molecule has 0 atom stereocenters. The summed E-state index contributed by atoms with van der Waals surface area (Å²) in [6.45, 7) is 0.955. The van der Waals surface area contributed by atoms with Crippen molar-refractivity contribution in [3.63, 3.8) is 0 Å². The van der Waals surface area contributed by atoms with Gasteiger partial charge in [0.25, 0.3) is 0 Å². The van der Waals surface area contributed by atoms with Gasteiger partial charge in [-0.2, -0.15) is 0 Å². The first-order chi connectivity index (χ1) is 4.97. The first-order valence-electron chi connectivity index (χ1n) is 3.46. The fourth-order valence-electron chi connectivity index (χ4n) is 1.16. The van der Waals surface area contributed by atoms with Crippen molar-refractivity contribution in [2.24, 2.45) is 0 Å². The number of hydrogen-bond donors (Lipinski definition) is 1. The number of anilines is 1. The highest BCUT2D eigenvalue weighted by molar-refractivity contribution is 5.69. The minimum absolute atomic E-state index is 0. The van der Waals surface area contributed by atoms with Gasteiger partial charge in [0.2, 0.25) is 0 Å². The van der Waals surface area contributed by atoms with E-state index in [9.17, 15) is 0 Å². The number of hydrogen-bond acceptors (Lipinski definition) is 1. The standard InChI is InChI=1S/C9H9N.BrH/c1-2-6-9-8(4-1)5-3-7-10-9;/h1-6,10H,7H2;1H/p-1. The van der Waals surface area contributed by atoms with Crippen molar-refractivity contribution in [2.45, 2.75) is 0 Å². The molecule has 1 aliphatic heterocycles. The van der Waals surface area contributed by atoms with E-state index in [-0.39, 0.29) is 17.0 Å². The Morgan fingerprint density at radius 2 is 2.00 bits per heavy atom. The third-order valence-corrected chi connectivity index (χ3v) is 1.67. The molecule has 0 aromatic heterocycles. The van der Waals surface area contributed by atoms with Crippen molar-refractivity contribution in [2.75, 3.05) is 11.9 Å². The van der Waals surface area contributed by atoms with Crippen molar-refractivity contribution in [1.29, 1.82) is 0 Å². The molecule has 0 spiro atoms. The van der Waals surface area contributed by atoms with Crippen LogP contribution in [0.5, 0.6) is 0 Å². The lowest BCUT2D eigenvalue weighted by Crippen LogP contribution is -3.00. The van der Waals surface area contributed by atoms with Gasteiger partial charge in [-0.25, -0.2) is 0 Å². The van der Waals surface area contributed by atoms with Crippen molar-refractivity contribution < 1.29 is 17.0 Å². The molecule has 11 heavy (non-hydrogen) atoms. The first kappa shape index (κ1) is 8.34. The van der Waals surface area contributed by atoms with Gasteiger partial charge in [0.15, 0.2) is 0 Å². The normalized spacial score (nSPS) is 12.7. The molecule has 2 rings (SSSR count). The van der Waals surface area contributed by atoms with Crippen molar-refractivity contribution in [3.05, 3.63) is 35.9 Å². The molecule has 0 bridgehead atoms. The Labute approximate surface area is 76.9 Å². The summed E-state index contributed by atoms with van der Waals surface area (Å²) in [5, 5.41) is 3.28. The molecule has 58 valence electrons. The van der Waals surface area contributed by atoms with Crippen LogP contribution in [0.3, 0.4) is 0 Å². The average molecular weight is 211 g/mol. The highest BCUT2D eigenvalue weighted by Gasteiger charge is 1.98. The van der Waals surface area contributed by atoms with E-state index in [1.807, 2.05) is 6.07 Å². The maximum absolute atomic E-state index is 3.28. The fourth-order valence-corrected chi connectivity index (χ4v) is 1.16. The van der Waals surface area contributed by atoms with Gasteiger partial charge in [0, 0.05) is 12.2 Å². The topological polar surface area (TPSA) is 12.0 Å². The van der Waals surface area contributed by atoms with E-state index in [0.29, 0.717) is 0 Å². The number of halogens is 1. The summed E-state index contributed by atoms with van der Waals surface area (Å²) >= 11 is 0. The number of benzene rings is 1. The van der Waals surface area contributed by atoms with Gasteiger partial charge in [-0.15, -0.1) is 0 Å². The van der Waals surface area contributed by atoms with Crippen LogP contribution in [0.25, 0.3) is 6.08 Å². The quantitative estimate of drug-likeness (QED) is 0.588. The Morgan fingerprint density at radius 3 is 2.82 bits per heavy atom. The predicted octanol–water partition coefficient (Wildman–Crippen LogP) is -0.871. The van der Waals surface area contributed by atoms with Crippen LogP contribution in [0.1, 0.15) is 5.56 Å². The molecule has 0 amide bonds. The van der Waals surface area contributed by atoms with Crippen molar-refractivity contribution >= 4 is 11.8 Å². The number of rotatable bonds is 0. The second-order valence-corrected chi connectivity index (χ2v) is 2.37. The summed E-state index contributed by atoms with van der Waals surface area (Å²) in [5.41, 5.74) is 2.53. The molecule has 1 N–H and O–H groups in total. The van der Waals surface area contributed by atoms with Crippen molar-refractivity contribution in [1.82, 2.24) is 0 Å². The van der Waals surface area contributed by atoms with Crippen LogP contribution < -0.4 is 22.3 Å². The fraction of sp³-hybridized carbons (Fsp3) is 0.111. The average Bonchev–Trinajstić information content (AvgIpc) is 2.05. The molecule has 1 aromatic carbocycles. The van der Waals surface area contributed by atoms with Crippen LogP contribution >= 0.6 is 0 Å². The molecule has 1 nitrogen and oxygen atoms in total. The largest absolute Gasteiger partial charge is 1.00 e. The zero-order valence-electron chi connectivity index (χ0n) is 6.05. The molecule has 1 aliphatic rings. The van der Waals surface area contributed by atoms with E-state index in [2.05, 4.69) is 35.7 Å². The highest BCUT2D eigenvalue weighted by atomic mass is 79.9. The Hall–Kier alpha value is -0.760. The van der Waals surface area contributed by atoms with Crippen LogP contribution in [0.2, 0.25) is 0 Å². The molecule has 0 saturated carbocycles. The van der Waals surface area contributed by atoms with Crippen LogP contribution in [0.4, 0.5) is 5.69 Å². The number of nitrogens with one attached hydrogen (secondary N) is 1. The summed E-state index contributed by atoms with van der Waals surface area (Å²) in [4.78, 5) is 0. The third-order valence-electron chi connectivity index (χ3n) is 1.67. The van der Waals surface area contributed by atoms with Gasteiger partial charge in [-0.1, -0.05) is 30.4 Å². The Bertz CT molecular complexity index is 268. The molecule has 0 saturated heterocycles. The first-order valence-corrected chi connectivity index (χ1v) is 3.46. The monoisotopic (exact) mass is 210 g/mol. The zero-order valence-corrected chi connectivity index (χ0v) is 7.64. The summed E-state index contributed by atoms with van der Waals surface area (Å²) < 4.78 is 0. The van der Waals surface area contributed by atoms with Gasteiger partial charge in [-0.3, -0.25) is 0 Å². The lowest BCUT2D eigenvalue weighted by Gasteiger charge is -2.11. The minimum Gasteiger partial charge on any atom is -1.00 e. The van der Waals surface area contributed by atoms with Gasteiger partial charge in [0.05, 0.1) is 0 Å². The molecule has 1 heterocycles. The summed E-state index contributed by atoms with van der Waals surface area (Å²) in [7, 11) is 0. The smallest absolute Gasteiger partial charge is 0.0416 e. The molecular formula is C9H9BrN-. The van der Waals surface area contributed by atoms with Gasteiger partial charge >= 0.3 is 0 Å². The van der Waals surface area contributed by atoms with Crippen LogP contribution in [0, 0.1) is 0 Å². The van der Waals surface area contributed by atoms with Gasteiger partial charge in [0.1, 0.15) is 0 Å². The number of fused-ring (bicyclic) bond motifs is 1. The van der Waals surface area contributed by atoms with Crippen LogP contribution in [-0.2, 0) is 0 Å². The van der Waals surface area contributed by atoms with E-state index >= 15 is 0 Å². The van der Waals surface area contributed by atoms with Gasteiger partial charge < -0.3 is 22.3 Å². The van der Waals surface area contributed by atoms with Crippen molar-refractivity contribution in [3.8, 4) is 0 Å². The maximum Gasteiger partial charge on any atom is 0.0416 e. The predicted molar refractivity (Wildman–Crippen MR) is 44.0 cm³/mol. The van der Waals surface area contributed by atoms with E-state index in [0.717, 1.165) is 6.54 Å². The molecule has 0 fully saturated rings. The molecule has 2 heteroatoms. The minimum atomic E-state index is 0. The molecular weight excluding hydrogens is 202 g/mol. The van der Waals surface area contributed by atoms with E-state index < -0.39 is 0 Å². The van der Waals surface area contributed by atoms with E-state index in [1.54, 1.807) is 0 Å². The lowest BCUT2D eigenvalue weighted by atomic mass is 10.1. The summed E-state index contributed by atoms with van der Waals surface area (Å²) in [5.74, 6) is 0. The Morgan fingerprint density at radius 1 is 1.18 bits per heavy atom. The van der Waals surface area contributed by atoms with Crippen LogP contribution in [-0.4, -0.2) is 6.54 Å². The lowest BCUT2D eigenvalue weighted by molar-refractivity contribution is -0.00000189. The zero-order chi connectivity index (χ0) is 6.81. The molecule has 0 unspecified atom stereocenters. The van der Waals surface area contributed by atoms with Crippen LogP contribution in [0.15, 0.2) is 30.3 Å². The second kappa shape index (κ2) is 3.58. The third kappa shape index (κ3) is 1.63. The van der Waals surface area contributed by atoms with E-state index in [4.69, 9.17) is 0 Å². The highest BCUT2D eigenvalue weighted by Crippen LogP contribution is 2.18. The summed E-state index contributed by atoms with van der Waals surface area (Å²) in [6.07, 6.45) is 4.27. The summed E-state index contributed by atoms with van der Waals surface area (Å²) in [6, 6.07) is 8.30. The van der Waals surface area contributed by atoms with E-state index in [1.165, 1.54) is 11.3 Å². The second-order valence-electron chi connectivity index (χ2n) is 2.37. The maximum atomic E-state index is 3.28. The Kier molecular flexibility index (Phi) is 2.71. The number of para-hydroxylation sites is 1. The molecule has 1 aromatic rings. The molecule has 0 aliphatic carbocycles.